The van der Waals surface area contributed by atoms with E-state index in [1.165, 1.54) is 0 Å². The number of alkyl halides is 3. The van der Waals surface area contributed by atoms with Gasteiger partial charge in [0.1, 0.15) is 0 Å². The van der Waals surface area contributed by atoms with Gasteiger partial charge in [0.25, 0.3) is 0 Å². The van der Waals surface area contributed by atoms with Crippen molar-refractivity contribution in [3.05, 3.63) is 16.1 Å². The average molecular weight is 389 g/mol. The molecule has 0 saturated carbocycles. The Morgan fingerprint density at radius 3 is 2.96 bits per heavy atom. The van der Waals surface area contributed by atoms with Crippen LogP contribution in [0.15, 0.2) is 10.4 Å². The molecule has 3 rings (SSSR count). The fraction of sp³-hybridized carbons (Fsp3) is 0.688. The van der Waals surface area contributed by atoms with Crippen LogP contribution in [0.3, 0.4) is 0 Å². The topological polar surface area (TPSA) is 69.6 Å². The Kier molecular flexibility index (Phi) is 5.40. The molecule has 0 bridgehead atoms. The Hall–Kier alpha value is -1.84. The Labute approximate surface area is 153 Å². The van der Waals surface area contributed by atoms with E-state index in [0.717, 1.165) is 48.6 Å². The second kappa shape index (κ2) is 7.42. The summed E-state index contributed by atoms with van der Waals surface area (Å²) in [5.41, 5.74) is -0.873. The van der Waals surface area contributed by atoms with Gasteiger partial charge in [-0.25, -0.2) is 4.98 Å². The van der Waals surface area contributed by atoms with E-state index in [1.807, 2.05) is 0 Å². The lowest BCUT2D eigenvalue weighted by Gasteiger charge is -2.40. The zero-order valence-electron chi connectivity index (χ0n) is 14.5. The van der Waals surface area contributed by atoms with Gasteiger partial charge in [-0.15, -0.1) is 11.3 Å². The molecule has 2 N–H and O–H groups in total. The van der Waals surface area contributed by atoms with E-state index in [4.69, 9.17) is 0 Å². The standard InChI is InChI=1S/C16H22F3N5OS/c1-20-14(21-5-3-13-23-11(8-26-13)16(17,18)19)24-6-2-4-15(10-24)7-12(25)22-9-15/h8H,2-7,9-10H2,1H3,(H,20,21)(H,22,25). The molecule has 6 nitrogen and oxygen atoms in total. The van der Waals surface area contributed by atoms with Crippen molar-refractivity contribution in [3.8, 4) is 0 Å². The van der Waals surface area contributed by atoms with Gasteiger partial charge in [-0.1, -0.05) is 0 Å². The molecule has 144 valence electrons. The molecule has 1 spiro atoms. The number of rotatable bonds is 3. The number of guanidine groups is 1. The molecule has 2 aliphatic heterocycles. The molecule has 26 heavy (non-hydrogen) atoms. The lowest BCUT2D eigenvalue weighted by molar-refractivity contribution is -0.140. The second-order valence-electron chi connectivity index (χ2n) is 6.83. The summed E-state index contributed by atoms with van der Waals surface area (Å²) >= 11 is 1.02. The number of amides is 1. The summed E-state index contributed by atoms with van der Waals surface area (Å²) in [4.78, 5) is 21.7. The Balaban J connectivity index is 1.53. The fourth-order valence-corrected chi connectivity index (χ4v) is 4.40. The number of aromatic nitrogens is 1. The average Bonchev–Trinajstić information content (AvgIpc) is 3.19. The van der Waals surface area contributed by atoms with Gasteiger partial charge < -0.3 is 15.5 Å². The van der Waals surface area contributed by atoms with E-state index < -0.39 is 11.9 Å². The fourth-order valence-electron chi connectivity index (χ4n) is 3.60. The number of halogens is 3. The van der Waals surface area contributed by atoms with Gasteiger partial charge in [-0.3, -0.25) is 9.79 Å². The van der Waals surface area contributed by atoms with Crippen LogP contribution in [0.4, 0.5) is 13.2 Å². The van der Waals surface area contributed by atoms with Crippen molar-refractivity contribution in [3.63, 3.8) is 0 Å². The van der Waals surface area contributed by atoms with Crippen LogP contribution >= 0.6 is 11.3 Å². The number of likely N-dealkylation sites (tertiary alicyclic amines) is 1. The molecule has 0 radical (unpaired) electrons. The highest BCUT2D eigenvalue weighted by molar-refractivity contribution is 7.09. The molecule has 0 aliphatic carbocycles. The lowest BCUT2D eigenvalue weighted by atomic mass is 9.79. The highest BCUT2D eigenvalue weighted by Gasteiger charge is 2.42. The number of hydrogen-bond donors (Lipinski definition) is 2. The van der Waals surface area contributed by atoms with Gasteiger partial charge in [-0.05, 0) is 12.8 Å². The second-order valence-corrected chi connectivity index (χ2v) is 7.77. The third kappa shape index (κ3) is 4.28. The van der Waals surface area contributed by atoms with Crippen molar-refractivity contribution in [2.75, 3.05) is 33.2 Å². The molecule has 1 atom stereocenters. The van der Waals surface area contributed by atoms with Crippen LogP contribution in [0.5, 0.6) is 0 Å². The van der Waals surface area contributed by atoms with Crippen molar-refractivity contribution in [2.24, 2.45) is 10.4 Å². The summed E-state index contributed by atoms with van der Waals surface area (Å²) in [6, 6.07) is 0. The molecule has 1 aromatic rings. The maximum absolute atomic E-state index is 12.6. The van der Waals surface area contributed by atoms with E-state index in [1.54, 1.807) is 7.05 Å². The first kappa shape index (κ1) is 18.9. The minimum atomic E-state index is -4.40. The molecule has 1 unspecified atom stereocenters. The van der Waals surface area contributed by atoms with Crippen LogP contribution in [0.2, 0.25) is 0 Å². The van der Waals surface area contributed by atoms with Crippen LogP contribution in [0, 0.1) is 5.41 Å². The molecule has 2 saturated heterocycles. The maximum Gasteiger partial charge on any atom is 0.434 e. The van der Waals surface area contributed by atoms with Gasteiger partial charge in [0.05, 0.1) is 5.01 Å². The largest absolute Gasteiger partial charge is 0.434 e. The van der Waals surface area contributed by atoms with Gasteiger partial charge in [0, 0.05) is 56.9 Å². The highest BCUT2D eigenvalue weighted by Crippen LogP contribution is 2.36. The van der Waals surface area contributed by atoms with Crippen LogP contribution in [0.1, 0.15) is 30.0 Å². The molecular weight excluding hydrogens is 367 g/mol. The van der Waals surface area contributed by atoms with Crippen molar-refractivity contribution in [1.29, 1.82) is 0 Å². The molecular formula is C16H22F3N5OS. The lowest BCUT2D eigenvalue weighted by Crippen LogP contribution is -2.51. The first-order valence-electron chi connectivity index (χ1n) is 8.55. The summed E-state index contributed by atoms with van der Waals surface area (Å²) in [5.74, 6) is 0.815. The minimum absolute atomic E-state index is 0.0378. The van der Waals surface area contributed by atoms with Gasteiger partial charge >= 0.3 is 6.18 Å². The third-order valence-electron chi connectivity index (χ3n) is 4.83. The molecule has 3 heterocycles. The van der Waals surface area contributed by atoms with Crippen molar-refractivity contribution in [1.82, 2.24) is 20.5 Å². The first-order chi connectivity index (χ1) is 12.3. The number of nitrogens with one attached hydrogen (secondary N) is 2. The van der Waals surface area contributed by atoms with Crippen LogP contribution < -0.4 is 10.6 Å². The maximum atomic E-state index is 12.6. The first-order valence-corrected chi connectivity index (χ1v) is 9.43. The SMILES string of the molecule is CN=C(NCCc1nc(C(F)(F)F)cs1)N1CCCC2(CNC(=O)C2)C1. The third-order valence-corrected chi connectivity index (χ3v) is 5.74. The number of piperidine rings is 1. The zero-order valence-corrected chi connectivity index (χ0v) is 15.3. The van der Waals surface area contributed by atoms with E-state index in [2.05, 4.69) is 25.5 Å². The number of hydrogen-bond acceptors (Lipinski definition) is 4. The molecule has 2 fully saturated rings. The predicted molar refractivity (Wildman–Crippen MR) is 93.0 cm³/mol. The Morgan fingerprint density at radius 2 is 2.35 bits per heavy atom. The normalized spacial score (nSPS) is 24.2. The zero-order chi connectivity index (χ0) is 18.8. The van der Waals surface area contributed by atoms with Crippen molar-refractivity contribution < 1.29 is 18.0 Å². The van der Waals surface area contributed by atoms with Crippen LogP contribution in [-0.2, 0) is 17.4 Å². The van der Waals surface area contributed by atoms with E-state index in [9.17, 15) is 18.0 Å². The monoisotopic (exact) mass is 389 g/mol. The summed E-state index contributed by atoms with van der Waals surface area (Å²) in [7, 11) is 1.69. The number of thiazole rings is 1. The number of carbonyl (C=O) groups is 1. The van der Waals surface area contributed by atoms with Crippen LogP contribution in [-0.4, -0.2) is 55.0 Å². The van der Waals surface area contributed by atoms with Crippen LogP contribution in [0.25, 0.3) is 0 Å². The van der Waals surface area contributed by atoms with Gasteiger partial charge in [0.15, 0.2) is 11.7 Å². The van der Waals surface area contributed by atoms with E-state index in [0.29, 0.717) is 30.9 Å². The summed E-state index contributed by atoms with van der Waals surface area (Å²) < 4.78 is 37.8. The molecule has 10 heteroatoms. The quantitative estimate of drug-likeness (QED) is 0.612. The number of aliphatic imine (C=N–C) groups is 1. The summed E-state index contributed by atoms with van der Waals surface area (Å²) in [6.07, 6.45) is -1.46. The minimum Gasteiger partial charge on any atom is -0.356 e. The number of nitrogens with zero attached hydrogens (tertiary/aromatic N) is 3. The van der Waals surface area contributed by atoms with E-state index >= 15 is 0 Å². The van der Waals surface area contributed by atoms with Gasteiger partial charge in [-0.2, -0.15) is 13.2 Å². The number of carbonyl (C=O) groups excluding carboxylic acids is 1. The van der Waals surface area contributed by atoms with Crippen molar-refractivity contribution >= 4 is 23.2 Å². The Bertz CT molecular complexity index is 690. The Morgan fingerprint density at radius 1 is 1.54 bits per heavy atom. The molecule has 2 aliphatic rings. The van der Waals surface area contributed by atoms with E-state index in [-0.39, 0.29) is 11.3 Å². The summed E-state index contributed by atoms with van der Waals surface area (Å²) in [5, 5.41) is 7.61. The molecule has 0 aromatic carbocycles. The molecule has 1 amide bonds. The summed E-state index contributed by atoms with van der Waals surface area (Å²) in [6.45, 7) is 2.75. The van der Waals surface area contributed by atoms with Crippen molar-refractivity contribution in [2.45, 2.75) is 31.9 Å². The predicted octanol–water partition coefficient (Wildman–Crippen LogP) is 1.88. The molecule has 1 aromatic heterocycles. The van der Waals surface area contributed by atoms with Gasteiger partial charge in [0.2, 0.25) is 5.91 Å². The highest BCUT2D eigenvalue weighted by atomic mass is 32.1. The smallest absolute Gasteiger partial charge is 0.356 e.